The molecule has 0 unspecified atom stereocenters. The number of esters is 1. The standard InChI is InChI=1S/C21H23FN2O5/c1-15-5-3-4-6-18(15)28-12-11-21(27)29-14-20(26)24(2)13-19(25)23-17-9-7-16(22)8-10-17/h3-10H,11-14H2,1-2H3,(H,23,25). The number of rotatable bonds is 9. The number of benzene rings is 2. The Morgan fingerprint density at radius 3 is 2.45 bits per heavy atom. The molecular weight excluding hydrogens is 379 g/mol. The fraction of sp³-hybridized carbons (Fsp3) is 0.286. The van der Waals surface area contributed by atoms with Crippen LogP contribution in [0, 0.1) is 12.7 Å². The Hall–Kier alpha value is -3.42. The Labute approximate surface area is 168 Å². The molecule has 2 aromatic rings. The molecule has 8 heteroatoms. The van der Waals surface area contributed by atoms with Gasteiger partial charge in [0.25, 0.3) is 5.91 Å². The van der Waals surface area contributed by atoms with Crippen LogP contribution in [0.3, 0.4) is 0 Å². The molecule has 29 heavy (non-hydrogen) atoms. The van der Waals surface area contributed by atoms with Gasteiger partial charge >= 0.3 is 5.97 Å². The predicted molar refractivity (Wildman–Crippen MR) is 105 cm³/mol. The molecule has 0 atom stereocenters. The summed E-state index contributed by atoms with van der Waals surface area (Å²) in [7, 11) is 1.42. The highest BCUT2D eigenvalue weighted by atomic mass is 19.1. The Kier molecular flexibility index (Phi) is 8.14. The molecule has 2 rings (SSSR count). The summed E-state index contributed by atoms with van der Waals surface area (Å²) < 4.78 is 23.3. The van der Waals surface area contributed by atoms with Gasteiger partial charge in [0.2, 0.25) is 5.91 Å². The second kappa shape index (κ2) is 10.8. The van der Waals surface area contributed by atoms with Crippen molar-refractivity contribution >= 4 is 23.5 Å². The molecule has 154 valence electrons. The van der Waals surface area contributed by atoms with Crippen LogP contribution in [0.4, 0.5) is 10.1 Å². The topological polar surface area (TPSA) is 84.9 Å². The minimum absolute atomic E-state index is 0.00359. The molecule has 0 radical (unpaired) electrons. The average Bonchev–Trinajstić information content (AvgIpc) is 2.69. The molecule has 0 aromatic heterocycles. The fourth-order valence-electron chi connectivity index (χ4n) is 2.32. The zero-order valence-electron chi connectivity index (χ0n) is 16.3. The summed E-state index contributed by atoms with van der Waals surface area (Å²) in [6, 6.07) is 12.7. The third kappa shape index (κ3) is 7.61. The van der Waals surface area contributed by atoms with Gasteiger partial charge in [0.05, 0.1) is 19.6 Å². The van der Waals surface area contributed by atoms with Crippen molar-refractivity contribution in [2.75, 3.05) is 32.1 Å². The average molecular weight is 402 g/mol. The molecule has 1 N–H and O–H groups in total. The Balaban J connectivity index is 1.66. The first-order valence-corrected chi connectivity index (χ1v) is 8.98. The van der Waals surface area contributed by atoms with E-state index in [0.717, 1.165) is 10.5 Å². The van der Waals surface area contributed by atoms with E-state index in [1.165, 1.54) is 31.3 Å². The van der Waals surface area contributed by atoms with Crippen LogP contribution in [0.25, 0.3) is 0 Å². The van der Waals surface area contributed by atoms with Gasteiger partial charge in [-0.25, -0.2) is 4.39 Å². The number of ether oxygens (including phenoxy) is 2. The summed E-state index contributed by atoms with van der Waals surface area (Å²) in [5.74, 6) is -1.28. The van der Waals surface area contributed by atoms with E-state index in [0.29, 0.717) is 11.4 Å². The summed E-state index contributed by atoms with van der Waals surface area (Å²) in [4.78, 5) is 36.8. The maximum absolute atomic E-state index is 12.9. The van der Waals surface area contributed by atoms with Gasteiger partial charge in [-0.3, -0.25) is 14.4 Å². The van der Waals surface area contributed by atoms with Crippen molar-refractivity contribution in [1.82, 2.24) is 4.90 Å². The van der Waals surface area contributed by atoms with E-state index in [1.807, 2.05) is 25.1 Å². The second-order valence-electron chi connectivity index (χ2n) is 6.33. The molecule has 0 heterocycles. The molecule has 0 spiro atoms. The second-order valence-corrected chi connectivity index (χ2v) is 6.33. The summed E-state index contributed by atoms with van der Waals surface area (Å²) in [6.45, 7) is 1.33. The van der Waals surface area contributed by atoms with Gasteiger partial charge < -0.3 is 19.7 Å². The van der Waals surface area contributed by atoms with Gasteiger partial charge in [-0.2, -0.15) is 0 Å². The number of halogens is 1. The molecule has 0 aliphatic heterocycles. The number of likely N-dealkylation sites (N-methyl/N-ethyl adjacent to an activating group) is 1. The molecule has 0 aliphatic carbocycles. The Morgan fingerprint density at radius 2 is 1.76 bits per heavy atom. The van der Waals surface area contributed by atoms with Crippen LogP contribution in [0.15, 0.2) is 48.5 Å². The quantitative estimate of drug-likeness (QED) is 0.652. The van der Waals surface area contributed by atoms with Crippen LogP contribution in [-0.2, 0) is 19.1 Å². The van der Waals surface area contributed by atoms with Crippen LogP contribution in [-0.4, -0.2) is 49.5 Å². The van der Waals surface area contributed by atoms with Crippen LogP contribution in [0.1, 0.15) is 12.0 Å². The number of nitrogens with zero attached hydrogens (tertiary/aromatic N) is 1. The number of amides is 2. The molecule has 2 aromatic carbocycles. The molecule has 0 saturated heterocycles. The van der Waals surface area contributed by atoms with Crippen molar-refractivity contribution in [3.63, 3.8) is 0 Å². The van der Waals surface area contributed by atoms with Gasteiger partial charge in [0, 0.05) is 12.7 Å². The van der Waals surface area contributed by atoms with Gasteiger partial charge in [-0.15, -0.1) is 0 Å². The first-order chi connectivity index (χ1) is 13.8. The predicted octanol–water partition coefficient (Wildman–Crippen LogP) is 2.54. The van der Waals surface area contributed by atoms with Crippen LogP contribution in [0.2, 0.25) is 0 Å². The van der Waals surface area contributed by atoms with Gasteiger partial charge in [-0.05, 0) is 42.8 Å². The third-order valence-corrected chi connectivity index (χ3v) is 3.95. The van der Waals surface area contributed by atoms with Gasteiger partial charge in [0.1, 0.15) is 11.6 Å². The molecular formula is C21H23FN2O5. The summed E-state index contributed by atoms with van der Waals surface area (Å²) in [6.07, 6.45) is -0.00359. The molecule has 2 amide bonds. The van der Waals surface area contributed by atoms with E-state index in [4.69, 9.17) is 9.47 Å². The number of hydrogen-bond acceptors (Lipinski definition) is 5. The number of anilines is 1. The highest BCUT2D eigenvalue weighted by Gasteiger charge is 2.15. The highest BCUT2D eigenvalue weighted by molar-refractivity contribution is 5.94. The third-order valence-electron chi connectivity index (χ3n) is 3.95. The van der Waals surface area contributed by atoms with E-state index in [2.05, 4.69) is 5.32 Å². The van der Waals surface area contributed by atoms with Crippen molar-refractivity contribution in [3.05, 3.63) is 59.9 Å². The molecule has 7 nitrogen and oxygen atoms in total. The lowest BCUT2D eigenvalue weighted by molar-refractivity contribution is -0.152. The zero-order chi connectivity index (χ0) is 21.2. The summed E-state index contributed by atoms with van der Waals surface area (Å²) in [5, 5.41) is 2.54. The van der Waals surface area contributed by atoms with E-state index in [9.17, 15) is 18.8 Å². The first kappa shape index (κ1) is 21.9. The maximum Gasteiger partial charge on any atom is 0.309 e. The minimum atomic E-state index is -0.573. The largest absolute Gasteiger partial charge is 0.493 e. The number of hydrogen-bond donors (Lipinski definition) is 1. The number of para-hydroxylation sites is 1. The van der Waals surface area contributed by atoms with Crippen molar-refractivity contribution in [3.8, 4) is 5.75 Å². The minimum Gasteiger partial charge on any atom is -0.493 e. The van der Waals surface area contributed by atoms with E-state index in [-0.39, 0.29) is 19.6 Å². The number of carbonyl (C=O) groups excluding carboxylic acids is 3. The number of carbonyl (C=O) groups is 3. The van der Waals surface area contributed by atoms with E-state index >= 15 is 0 Å². The number of nitrogens with one attached hydrogen (secondary N) is 1. The van der Waals surface area contributed by atoms with Crippen LogP contribution >= 0.6 is 0 Å². The lowest BCUT2D eigenvalue weighted by Crippen LogP contribution is -2.37. The summed E-state index contributed by atoms with van der Waals surface area (Å²) >= 11 is 0. The highest BCUT2D eigenvalue weighted by Crippen LogP contribution is 2.16. The Morgan fingerprint density at radius 1 is 1.07 bits per heavy atom. The summed E-state index contributed by atoms with van der Waals surface area (Å²) in [5.41, 5.74) is 1.37. The monoisotopic (exact) mass is 402 g/mol. The van der Waals surface area contributed by atoms with E-state index in [1.54, 1.807) is 6.07 Å². The zero-order valence-corrected chi connectivity index (χ0v) is 16.3. The molecule has 0 saturated carbocycles. The number of aryl methyl sites for hydroxylation is 1. The molecule has 0 bridgehead atoms. The lowest BCUT2D eigenvalue weighted by Gasteiger charge is -2.17. The van der Waals surface area contributed by atoms with Gasteiger partial charge in [0.15, 0.2) is 6.61 Å². The van der Waals surface area contributed by atoms with Crippen molar-refractivity contribution in [1.29, 1.82) is 0 Å². The molecule has 0 aliphatic rings. The first-order valence-electron chi connectivity index (χ1n) is 8.98. The van der Waals surface area contributed by atoms with Crippen LogP contribution < -0.4 is 10.1 Å². The van der Waals surface area contributed by atoms with Crippen molar-refractivity contribution < 1.29 is 28.2 Å². The van der Waals surface area contributed by atoms with Gasteiger partial charge in [-0.1, -0.05) is 18.2 Å². The van der Waals surface area contributed by atoms with Crippen molar-refractivity contribution in [2.24, 2.45) is 0 Å². The maximum atomic E-state index is 12.9. The smallest absolute Gasteiger partial charge is 0.309 e. The van der Waals surface area contributed by atoms with E-state index < -0.39 is 30.2 Å². The SMILES string of the molecule is Cc1ccccc1OCCC(=O)OCC(=O)N(C)CC(=O)Nc1ccc(F)cc1. The fourth-order valence-corrected chi connectivity index (χ4v) is 2.32. The lowest BCUT2D eigenvalue weighted by atomic mass is 10.2. The Bertz CT molecular complexity index is 854. The normalized spacial score (nSPS) is 10.2. The molecule has 0 fully saturated rings. The van der Waals surface area contributed by atoms with Crippen molar-refractivity contribution in [2.45, 2.75) is 13.3 Å². The van der Waals surface area contributed by atoms with Crippen LogP contribution in [0.5, 0.6) is 5.75 Å².